The summed E-state index contributed by atoms with van der Waals surface area (Å²) in [4.78, 5) is 23.1. The first kappa shape index (κ1) is 20.9. The van der Waals surface area contributed by atoms with Gasteiger partial charge in [0.1, 0.15) is 0 Å². The van der Waals surface area contributed by atoms with Crippen LogP contribution in [0.5, 0.6) is 0 Å². The molecule has 2 N–H and O–H groups in total. The van der Waals surface area contributed by atoms with Crippen LogP contribution in [0.2, 0.25) is 0 Å². The molecule has 0 atom stereocenters. The number of hydrogen-bond acceptors (Lipinski definition) is 4. The van der Waals surface area contributed by atoms with Crippen LogP contribution in [0, 0.1) is 0 Å². The molecule has 0 saturated heterocycles. The number of unbranched alkanes of at least 4 members (excludes halogenated alkanes) is 2. The van der Waals surface area contributed by atoms with E-state index in [-0.39, 0.29) is 18.9 Å². The van der Waals surface area contributed by atoms with Crippen LogP contribution >= 0.6 is 0 Å². The third-order valence-electron chi connectivity index (χ3n) is 3.44. The summed E-state index contributed by atoms with van der Waals surface area (Å²) < 4.78 is 5.89. The molecule has 0 aliphatic carbocycles. The first-order valence-electron chi connectivity index (χ1n) is 8.11. The predicted molar refractivity (Wildman–Crippen MR) is 85.1 cm³/mol. The Bertz CT molecular complexity index is 285. The second kappa shape index (κ2) is 13.5. The van der Waals surface area contributed by atoms with Crippen molar-refractivity contribution >= 4 is 11.9 Å². The molecule has 0 radical (unpaired) electrons. The zero-order valence-corrected chi connectivity index (χ0v) is 13.9. The minimum absolute atomic E-state index is 0.116. The standard InChI is InChI=1S/C16H31NO5/c1-17(2)12-7-13-22-14(8-3-5-10-15(18)19)9-4-6-11-16(20)21/h14H,3-13H2,1-2H3,(H,18,19)(H,20,21). The average Bonchev–Trinajstić information content (AvgIpc) is 2.42. The van der Waals surface area contributed by atoms with Gasteiger partial charge in [0, 0.05) is 19.4 Å². The average molecular weight is 317 g/mol. The highest BCUT2D eigenvalue weighted by atomic mass is 16.5. The Morgan fingerprint density at radius 2 is 1.41 bits per heavy atom. The lowest BCUT2D eigenvalue weighted by Crippen LogP contribution is -2.19. The maximum absolute atomic E-state index is 10.5. The lowest BCUT2D eigenvalue weighted by atomic mass is 10.0. The molecule has 0 fully saturated rings. The number of nitrogens with zero attached hydrogens (tertiary/aromatic N) is 1. The number of ether oxygens (including phenoxy) is 1. The number of aliphatic carboxylic acids is 2. The lowest BCUT2D eigenvalue weighted by Gasteiger charge is -2.18. The van der Waals surface area contributed by atoms with Crippen LogP contribution in [-0.2, 0) is 14.3 Å². The zero-order chi connectivity index (χ0) is 16.8. The molecule has 0 heterocycles. The summed E-state index contributed by atoms with van der Waals surface area (Å²) >= 11 is 0. The largest absolute Gasteiger partial charge is 0.481 e. The van der Waals surface area contributed by atoms with Crippen molar-refractivity contribution in [1.29, 1.82) is 0 Å². The van der Waals surface area contributed by atoms with Crippen LogP contribution in [0.15, 0.2) is 0 Å². The van der Waals surface area contributed by atoms with Gasteiger partial charge < -0.3 is 19.8 Å². The van der Waals surface area contributed by atoms with Gasteiger partial charge in [-0.25, -0.2) is 0 Å². The number of carboxylic acid groups (broad SMARTS) is 2. The fourth-order valence-corrected chi connectivity index (χ4v) is 2.24. The van der Waals surface area contributed by atoms with E-state index in [1.165, 1.54) is 0 Å². The molecule has 0 saturated carbocycles. The second-order valence-corrected chi connectivity index (χ2v) is 5.93. The highest BCUT2D eigenvalue weighted by Crippen LogP contribution is 2.15. The van der Waals surface area contributed by atoms with Crippen molar-refractivity contribution in [1.82, 2.24) is 4.90 Å². The van der Waals surface area contributed by atoms with Gasteiger partial charge in [0.05, 0.1) is 6.10 Å². The van der Waals surface area contributed by atoms with E-state index in [0.29, 0.717) is 19.4 Å². The van der Waals surface area contributed by atoms with Crippen molar-refractivity contribution in [2.24, 2.45) is 0 Å². The topological polar surface area (TPSA) is 87.1 Å². The first-order valence-corrected chi connectivity index (χ1v) is 8.11. The minimum atomic E-state index is -0.759. The molecule has 0 unspecified atom stereocenters. The molecule has 0 aromatic carbocycles. The fourth-order valence-electron chi connectivity index (χ4n) is 2.24. The van der Waals surface area contributed by atoms with Gasteiger partial charge in [-0.2, -0.15) is 0 Å². The van der Waals surface area contributed by atoms with Crippen LogP contribution in [0.4, 0.5) is 0 Å². The van der Waals surface area contributed by atoms with E-state index >= 15 is 0 Å². The molecule has 0 aliphatic heterocycles. The fraction of sp³-hybridized carbons (Fsp3) is 0.875. The second-order valence-electron chi connectivity index (χ2n) is 5.93. The Hall–Kier alpha value is -1.14. The van der Waals surface area contributed by atoms with Crippen molar-refractivity contribution in [2.75, 3.05) is 27.2 Å². The van der Waals surface area contributed by atoms with E-state index in [9.17, 15) is 9.59 Å². The Balaban J connectivity index is 3.90. The first-order chi connectivity index (χ1) is 10.4. The van der Waals surface area contributed by atoms with E-state index in [1.807, 2.05) is 14.1 Å². The summed E-state index contributed by atoms with van der Waals surface area (Å²) in [6.07, 6.45) is 6.19. The van der Waals surface area contributed by atoms with Crippen LogP contribution in [0.25, 0.3) is 0 Å². The monoisotopic (exact) mass is 317 g/mol. The molecule has 0 bridgehead atoms. The molecule has 0 rings (SSSR count). The van der Waals surface area contributed by atoms with Crippen LogP contribution < -0.4 is 0 Å². The zero-order valence-electron chi connectivity index (χ0n) is 13.9. The van der Waals surface area contributed by atoms with E-state index in [4.69, 9.17) is 14.9 Å². The molecule has 130 valence electrons. The molecule has 6 heteroatoms. The number of carboxylic acids is 2. The number of rotatable bonds is 15. The van der Waals surface area contributed by atoms with Gasteiger partial charge in [0.2, 0.25) is 0 Å². The summed E-state index contributed by atoms with van der Waals surface area (Å²) in [7, 11) is 4.05. The van der Waals surface area contributed by atoms with Gasteiger partial charge in [-0.15, -0.1) is 0 Å². The molecule has 0 aromatic heterocycles. The maximum atomic E-state index is 10.5. The summed E-state index contributed by atoms with van der Waals surface area (Å²) in [5.41, 5.74) is 0. The van der Waals surface area contributed by atoms with Gasteiger partial charge in [-0.05, 0) is 52.7 Å². The molecule has 0 spiro atoms. The number of carbonyl (C=O) groups is 2. The third-order valence-corrected chi connectivity index (χ3v) is 3.44. The van der Waals surface area contributed by atoms with E-state index < -0.39 is 11.9 Å². The Morgan fingerprint density at radius 3 is 1.82 bits per heavy atom. The molecule has 0 amide bonds. The van der Waals surface area contributed by atoms with Crippen molar-refractivity contribution in [3.63, 3.8) is 0 Å². The van der Waals surface area contributed by atoms with Crippen molar-refractivity contribution in [3.8, 4) is 0 Å². The highest BCUT2D eigenvalue weighted by Gasteiger charge is 2.10. The molecular weight excluding hydrogens is 286 g/mol. The van der Waals surface area contributed by atoms with Gasteiger partial charge >= 0.3 is 11.9 Å². The summed E-state index contributed by atoms with van der Waals surface area (Å²) in [6, 6.07) is 0. The smallest absolute Gasteiger partial charge is 0.303 e. The van der Waals surface area contributed by atoms with Crippen LogP contribution in [-0.4, -0.2) is 60.4 Å². The quantitative estimate of drug-likeness (QED) is 0.451. The Kier molecular flexibility index (Phi) is 12.8. The van der Waals surface area contributed by atoms with Gasteiger partial charge in [0.15, 0.2) is 0 Å². The summed E-state index contributed by atoms with van der Waals surface area (Å²) in [5.74, 6) is -1.52. The molecule has 6 nitrogen and oxygen atoms in total. The number of hydrogen-bond donors (Lipinski definition) is 2. The van der Waals surface area contributed by atoms with E-state index in [1.54, 1.807) is 0 Å². The summed E-state index contributed by atoms with van der Waals surface area (Å²) in [5, 5.41) is 17.3. The van der Waals surface area contributed by atoms with Crippen molar-refractivity contribution in [2.45, 2.75) is 63.9 Å². The normalized spacial score (nSPS) is 11.3. The van der Waals surface area contributed by atoms with Crippen LogP contribution in [0.3, 0.4) is 0 Å². The predicted octanol–water partition coefficient (Wildman–Crippen LogP) is 2.61. The van der Waals surface area contributed by atoms with Crippen molar-refractivity contribution in [3.05, 3.63) is 0 Å². The van der Waals surface area contributed by atoms with Crippen LogP contribution in [0.1, 0.15) is 57.8 Å². The van der Waals surface area contributed by atoms with E-state index in [2.05, 4.69) is 4.90 Å². The highest BCUT2D eigenvalue weighted by molar-refractivity contribution is 5.66. The maximum Gasteiger partial charge on any atom is 0.303 e. The van der Waals surface area contributed by atoms with Gasteiger partial charge in [-0.3, -0.25) is 9.59 Å². The Morgan fingerprint density at radius 1 is 0.909 bits per heavy atom. The Labute approximate surface area is 133 Å². The van der Waals surface area contributed by atoms with Gasteiger partial charge in [0.25, 0.3) is 0 Å². The molecule has 0 aromatic rings. The molecular formula is C16H31NO5. The third kappa shape index (κ3) is 15.3. The summed E-state index contributed by atoms with van der Waals surface area (Å²) in [6.45, 7) is 1.67. The molecule has 22 heavy (non-hydrogen) atoms. The van der Waals surface area contributed by atoms with Gasteiger partial charge in [-0.1, -0.05) is 12.8 Å². The lowest BCUT2D eigenvalue weighted by molar-refractivity contribution is -0.138. The van der Waals surface area contributed by atoms with E-state index in [0.717, 1.165) is 38.6 Å². The minimum Gasteiger partial charge on any atom is -0.481 e. The van der Waals surface area contributed by atoms with Crippen molar-refractivity contribution < 1.29 is 24.5 Å². The SMILES string of the molecule is CN(C)CCCOC(CCCCC(=O)O)CCCCC(=O)O. The molecule has 0 aliphatic rings.